The van der Waals surface area contributed by atoms with Gasteiger partial charge in [0.1, 0.15) is 0 Å². The number of thioether (sulfide) groups is 1. The Hall–Kier alpha value is -2.11. The number of fused-ring (bicyclic) bond motifs is 1. The second kappa shape index (κ2) is 9.74. The zero-order valence-electron chi connectivity index (χ0n) is 21.5. The van der Waals surface area contributed by atoms with Gasteiger partial charge in [-0.15, -0.1) is 11.8 Å². The molecule has 0 bridgehead atoms. The van der Waals surface area contributed by atoms with Crippen LogP contribution in [0.5, 0.6) is 0 Å². The van der Waals surface area contributed by atoms with Crippen molar-refractivity contribution in [2.45, 2.75) is 88.5 Å². The van der Waals surface area contributed by atoms with E-state index in [0.29, 0.717) is 23.8 Å². The van der Waals surface area contributed by atoms with Crippen molar-refractivity contribution in [3.63, 3.8) is 0 Å². The molecular weight excluding hydrogens is 478 g/mol. The molecule has 1 fully saturated rings. The maximum absolute atomic E-state index is 12.0. The van der Waals surface area contributed by atoms with E-state index in [1.54, 1.807) is 0 Å². The van der Waals surface area contributed by atoms with Crippen molar-refractivity contribution >= 4 is 40.4 Å². The highest BCUT2D eigenvalue weighted by molar-refractivity contribution is 8.00. The summed E-state index contributed by atoms with van der Waals surface area (Å²) in [6.07, 6.45) is 1.98. The number of hydrogen-bond donors (Lipinski definition) is 1. The van der Waals surface area contributed by atoms with Gasteiger partial charge in [-0.1, -0.05) is 71.3 Å². The minimum atomic E-state index is -1.22. The molecule has 0 amide bonds. The molecular formula is C29H36ClNO3S. The van der Waals surface area contributed by atoms with Crippen LogP contribution in [0.1, 0.15) is 83.5 Å². The first-order valence-electron chi connectivity index (χ1n) is 12.4. The van der Waals surface area contributed by atoms with Crippen LogP contribution in [-0.2, 0) is 16.9 Å². The number of nitrogens with zero attached hydrogens (tertiary/aromatic N) is 1. The van der Waals surface area contributed by atoms with Gasteiger partial charge in [-0.25, -0.2) is 4.79 Å². The summed E-state index contributed by atoms with van der Waals surface area (Å²) in [6.45, 7) is 13.2. The Labute approximate surface area is 218 Å². The van der Waals surface area contributed by atoms with Crippen molar-refractivity contribution in [2.24, 2.45) is 5.92 Å². The van der Waals surface area contributed by atoms with Crippen molar-refractivity contribution in [2.75, 3.05) is 0 Å². The summed E-state index contributed by atoms with van der Waals surface area (Å²) < 4.78 is 8.09. The van der Waals surface area contributed by atoms with Gasteiger partial charge in [-0.05, 0) is 54.2 Å². The molecule has 3 aromatic rings. The van der Waals surface area contributed by atoms with E-state index in [0.717, 1.165) is 29.6 Å². The summed E-state index contributed by atoms with van der Waals surface area (Å²) in [5, 5.41) is 11.7. The van der Waals surface area contributed by atoms with E-state index in [1.165, 1.54) is 15.8 Å². The first kappa shape index (κ1) is 26.0. The summed E-state index contributed by atoms with van der Waals surface area (Å²) in [5.41, 5.74) is 3.63. The van der Waals surface area contributed by atoms with E-state index in [4.69, 9.17) is 16.3 Å². The largest absolute Gasteiger partial charge is 0.507 e. The second-order valence-electron chi connectivity index (χ2n) is 11.1. The van der Waals surface area contributed by atoms with Crippen LogP contribution >= 0.6 is 23.4 Å². The van der Waals surface area contributed by atoms with Gasteiger partial charge in [0.2, 0.25) is 0 Å². The van der Waals surface area contributed by atoms with Gasteiger partial charge in [0, 0.05) is 44.5 Å². The first-order chi connectivity index (χ1) is 16.4. The molecule has 1 saturated carbocycles. The topological polar surface area (TPSA) is 51.5 Å². The van der Waals surface area contributed by atoms with Gasteiger partial charge in [0.25, 0.3) is 0 Å². The Morgan fingerprint density at radius 3 is 2.46 bits per heavy atom. The molecule has 0 saturated heterocycles. The SMILES string of the molecule is CC(C)c1ccc2c(c1)c(SC(C)(C)C)c(Cc1ccc(Cl)cc1)n2C1(OC(=O)O)CCCC1C. The molecule has 1 aliphatic carbocycles. The summed E-state index contributed by atoms with van der Waals surface area (Å²) in [7, 11) is 0. The zero-order chi connectivity index (χ0) is 25.5. The lowest BCUT2D eigenvalue weighted by Crippen LogP contribution is -2.41. The fraction of sp³-hybridized carbons (Fsp3) is 0.483. The predicted octanol–water partition coefficient (Wildman–Crippen LogP) is 9.07. The normalized spacial score (nSPS) is 20.6. The van der Waals surface area contributed by atoms with Gasteiger partial charge >= 0.3 is 6.16 Å². The Morgan fingerprint density at radius 1 is 1.23 bits per heavy atom. The Kier molecular flexibility index (Phi) is 7.23. The van der Waals surface area contributed by atoms with Crippen molar-refractivity contribution < 1.29 is 14.6 Å². The fourth-order valence-electron chi connectivity index (χ4n) is 5.31. The number of carbonyl (C=O) groups is 1. The number of ether oxygens (including phenoxy) is 1. The van der Waals surface area contributed by atoms with Gasteiger partial charge in [-0.2, -0.15) is 0 Å². The maximum Gasteiger partial charge on any atom is 0.507 e. The number of halogens is 1. The highest BCUT2D eigenvalue weighted by atomic mass is 35.5. The molecule has 1 aliphatic rings. The van der Waals surface area contributed by atoms with Crippen molar-refractivity contribution in [3.05, 3.63) is 64.3 Å². The average molecular weight is 514 g/mol. The molecule has 1 aromatic heterocycles. The summed E-state index contributed by atoms with van der Waals surface area (Å²) in [4.78, 5) is 13.3. The Bertz CT molecular complexity index is 1230. The Morgan fingerprint density at radius 2 is 1.91 bits per heavy atom. The summed E-state index contributed by atoms with van der Waals surface area (Å²) >= 11 is 8.03. The molecule has 1 N–H and O–H groups in total. The lowest BCUT2D eigenvalue weighted by Gasteiger charge is -2.36. The molecule has 35 heavy (non-hydrogen) atoms. The minimum absolute atomic E-state index is 0.0240. The second-order valence-corrected chi connectivity index (χ2v) is 13.3. The van der Waals surface area contributed by atoms with Crippen LogP contribution in [0, 0.1) is 5.92 Å². The van der Waals surface area contributed by atoms with E-state index in [-0.39, 0.29) is 10.7 Å². The summed E-state index contributed by atoms with van der Waals surface area (Å²) in [5.74, 6) is 0.458. The fourth-order valence-corrected chi connectivity index (χ4v) is 6.61. The molecule has 1 heterocycles. The predicted molar refractivity (Wildman–Crippen MR) is 146 cm³/mol. The molecule has 188 valence electrons. The van der Waals surface area contributed by atoms with E-state index in [1.807, 2.05) is 23.9 Å². The van der Waals surface area contributed by atoms with E-state index in [9.17, 15) is 9.90 Å². The number of aromatic nitrogens is 1. The molecule has 2 aromatic carbocycles. The molecule has 0 spiro atoms. The minimum Gasteiger partial charge on any atom is -0.450 e. The highest BCUT2D eigenvalue weighted by Gasteiger charge is 2.48. The first-order valence-corrected chi connectivity index (χ1v) is 13.6. The van der Waals surface area contributed by atoms with Gasteiger partial charge < -0.3 is 14.4 Å². The molecule has 6 heteroatoms. The van der Waals surface area contributed by atoms with E-state index in [2.05, 4.69) is 76.4 Å². The third kappa shape index (κ3) is 5.22. The molecule has 2 atom stereocenters. The van der Waals surface area contributed by atoms with Crippen LogP contribution in [0.4, 0.5) is 4.79 Å². The maximum atomic E-state index is 12.0. The van der Waals surface area contributed by atoms with Crippen LogP contribution < -0.4 is 0 Å². The monoisotopic (exact) mass is 513 g/mol. The third-order valence-electron chi connectivity index (χ3n) is 6.98. The molecule has 2 unspecified atom stereocenters. The van der Waals surface area contributed by atoms with Crippen LogP contribution in [0.3, 0.4) is 0 Å². The van der Waals surface area contributed by atoms with Gasteiger partial charge in [0.05, 0.1) is 5.52 Å². The van der Waals surface area contributed by atoms with Crippen molar-refractivity contribution in [1.82, 2.24) is 4.57 Å². The van der Waals surface area contributed by atoms with Gasteiger partial charge in [-0.3, -0.25) is 0 Å². The lowest BCUT2D eigenvalue weighted by molar-refractivity contribution is -0.0950. The van der Waals surface area contributed by atoms with Crippen LogP contribution in [0.2, 0.25) is 5.02 Å². The van der Waals surface area contributed by atoms with Crippen molar-refractivity contribution in [1.29, 1.82) is 0 Å². The summed E-state index contributed by atoms with van der Waals surface area (Å²) in [6, 6.07) is 14.6. The van der Waals surface area contributed by atoms with Gasteiger partial charge in [0.15, 0.2) is 5.72 Å². The van der Waals surface area contributed by atoms with E-state index < -0.39 is 11.9 Å². The lowest BCUT2D eigenvalue weighted by atomic mass is 9.99. The molecule has 0 aliphatic heterocycles. The van der Waals surface area contributed by atoms with Crippen molar-refractivity contribution in [3.8, 4) is 0 Å². The molecule has 4 nitrogen and oxygen atoms in total. The highest BCUT2D eigenvalue weighted by Crippen LogP contribution is 2.50. The van der Waals surface area contributed by atoms with Crippen LogP contribution in [0.25, 0.3) is 10.9 Å². The number of benzene rings is 2. The quantitative estimate of drug-likeness (QED) is 0.264. The smallest absolute Gasteiger partial charge is 0.450 e. The third-order valence-corrected chi connectivity index (χ3v) is 8.51. The molecule has 0 radical (unpaired) electrons. The number of carboxylic acid groups (broad SMARTS) is 1. The Balaban J connectivity index is 2.07. The van der Waals surface area contributed by atoms with Crippen LogP contribution in [0.15, 0.2) is 47.4 Å². The average Bonchev–Trinajstić information content (AvgIpc) is 3.26. The number of hydrogen-bond acceptors (Lipinski definition) is 3. The van der Waals surface area contributed by atoms with Crippen LogP contribution in [-0.4, -0.2) is 20.6 Å². The van der Waals surface area contributed by atoms with E-state index >= 15 is 0 Å². The molecule has 4 rings (SSSR count). The standard InChI is InChI=1S/C29H36ClNO3S/c1-18(2)21-11-14-24-23(17-21)26(35-28(4,5)6)25(16-20-9-12-22(30)13-10-20)31(24)29(34-27(32)33)15-7-8-19(29)3/h9-14,17-19H,7-8,15-16H2,1-6H3,(H,32,33). The zero-order valence-corrected chi connectivity index (χ0v) is 23.1. The number of rotatable bonds is 6.